The fourth-order valence-electron chi connectivity index (χ4n) is 9.58. The number of nitrogens with one attached hydrogen (secondary N) is 4. The lowest BCUT2D eigenvalue weighted by molar-refractivity contribution is -0.131. The Balaban J connectivity index is 0.000000387. The summed E-state index contributed by atoms with van der Waals surface area (Å²) in [5.74, 6) is -1.63. The van der Waals surface area contributed by atoms with Crippen LogP contribution in [0, 0.1) is 51.4 Å². The Labute approximate surface area is 675 Å². The Morgan fingerprint density at radius 3 is 1.23 bits per heavy atom. The second kappa shape index (κ2) is 48.0. The molecular formula is C79H84Cl6F3N15O8. The molecule has 0 spiro atoms. The Bertz CT molecular complexity index is 4750. The molecule has 0 bridgehead atoms. The fraction of sp³-hybridized carbons (Fsp3) is 0.241. The van der Waals surface area contributed by atoms with Crippen molar-refractivity contribution in [2.45, 2.75) is 27.2 Å². The quantitative estimate of drug-likeness (QED) is 0.0167. The molecule has 0 saturated carbocycles. The molecule has 0 unspecified atom stereocenters. The molecule has 9 rings (SSSR count). The first kappa shape index (κ1) is 94.4. The number of halogens is 9. The molecule has 0 aliphatic rings. The second-order valence-corrected chi connectivity index (χ2v) is 25.8. The van der Waals surface area contributed by atoms with E-state index in [4.69, 9.17) is 71.5 Å². The number of fused-ring (bicyclic) bond motifs is 3. The van der Waals surface area contributed by atoms with Crippen molar-refractivity contribution in [1.82, 2.24) is 34.6 Å². The van der Waals surface area contributed by atoms with Crippen LogP contribution in [0.1, 0.15) is 48.6 Å². The smallest absolute Gasteiger partial charge is 0.328 e. The second-order valence-electron chi connectivity index (χ2n) is 24.2. The normalized spacial score (nSPS) is 10.8. The summed E-state index contributed by atoms with van der Waals surface area (Å²) in [6.07, 6.45) is 17.0. The largest absolute Gasteiger partial charge is 0.492 e. The first-order valence-corrected chi connectivity index (χ1v) is 34.8. The van der Waals surface area contributed by atoms with Gasteiger partial charge in [-0.2, -0.15) is 15.8 Å². The van der Waals surface area contributed by atoms with Gasteiger partial charge in [0.1, 0.15) is 52.9 Å². The summed E-state index contributed by atoms with van der Waals surface area (Å²) in [6, 6.07) is 29.5. The third-order valence-corrected chi connectivity index (χ3v) is 15.5. The minimum Gasteiger partial charge on any atom is -0.492 e. The highest BCUT2D eigenvalue weighted by molar-refractivity contribution is 6.66. The number of likely N-dealkylation sites (N-methyl/N-ethyl adjacent to an activating group) is 4. The molecule has 586 valence electrons. The van der Waals surface area contributed by atoms with E-state index < -0.39 is 28.7 Å². The molecule has 0 aliphatic carbocycles. The minimum absolute atomic E-state index is 0. The van der Waals surface area contributed by atoms with Gasteiger partial charge in [-0.25, -0.2) is 18.0 Å². The Kier molecular flexibility index (Phi) is 40.8. The molecule has 3 aromatic heterocycles. The summed E-state index contributed by atoms with van der Waals surface area (Å²) >= 11 is 22.7. The van der Waals surface area contributed by atoms with Gasteiger partial charge in [-0.3, -0.25) is 29.3 Å². The first-order chi connectivity index (χ1) is 51.9. The molecular weight excluding hydrogens is 1560 g/mol. The summed E-state index contributed by atoms with van der Waals surface area (Å²) in [6.45, 7) is 9.48. The van der Waals surface area contributed by atoms with E-state index in [2.05, 4.69) is 54.4 Å². The number of benzene rings is 6. The number of hydrogen-bond acceptors (Lipinski definition) is 20. The van der Waals surface area contributed by atoms with E-state index in [0.717, 1.165) is 29.1 Å². The number of nitrogens with zero attached hydrogens (tertiary/aromatic N) is 10. The zero-order valence-electron chi connectivity index (χ0n) is 62.5. The van der Waals surface area contributed by atoms with Gasteiger partial charge in [0.05, 0.1) is 96.6 Å². The third-order valence-electron chi connectivity index (χ3n) is 14.5. The van der Waals surface area contributed by atoms with Crippen LogP contribution >= 0.6 is 71.2 Å². The van der Waals surface area contributed by atoms with Gasteiger partial charge in [0.15, 0.2) is 0 Å². The van der Waals surface area contributed by atoms with Gasteiger partial charge in [0.2, 0.25) is 17.1 Å². The minimum atomic E-state index is -0.892. The van der Waals surface area contributed by atoms with E-state index in [0.29, 0.717) is 136 Å². The van der Waals surface area contributed by atoms with Gasteiger partial charge >= 0.3 is 5.97 Å². The SMILES string of the molecule is CCOc1cc2ncc(C#N)c(Cc3ccc(F)c(Cl)c3)c2cc1N.CCOc1cc2ncc(C#N)c(Nc3ccc(F)c(Cl)c3)c2cc1NC(=O)/C=C/CN(C)C.CCOc1cc2ncc(C#N)c(Nc3ccc(F)c(Cl)c3)c2cc1NC(=O)/C=C/CN(C)C.CN(C)C/C=C/C(=O)Cl.CN(C)C/C=C/C(=O)O.Cl.Cl. The van der Waals surface area contributed by atoms with Crippen LogP contribution in [0.4, 0.5) is 53.0 Å². The number of nitriles is 3. The highest BCUT2D eigenvalue weighted by Crippen LogP contribution is 2.39. The average Bonchev–Trinajstić information content (AvgIpc) is 0.790. The number of hydrogen-bond donors (Lipinski definition) is 6. The molecule has 6 aromatic carbocycles. The lowest BCUT2D eigenvalue weighted by Gasteiger charge is -2.16. The van der Waals surface area contributed by atoms with Gasteiger partial charge in [0.25, 0.3) is 0 Å². The van der Waals surface area contributed by atoms with Crippen molar-refractivity contribution in [2.24, 2.45) is 0 Å². The van der Waals surface area contributed by atoms with Crippen LogP contribution in [0.15, 0.2) is 158 Å². The van der Waals surface area contributed by atoms with Crippen molar-refractivity contribution in [3.63, 3.8) is 0 Å². The van der Waals surface area contributed by atoms with Crippen molar-refractivity contribution < 1.29 is 51.7 Å². The number of aromatic nitrogens is 3. The van der Waals surface area contributed by atoms with E-state index in [9.17, 15) is 48.1 Å². The molecule has 9 aromatic rings. The first-order valence-electron chi connectivity index (χ1n) is 33.3. The number of rotatable bonds is 26. The number of carboxylic acids is 1. The molecule has 3 heterocycles. The third kappa shape index (κ3) is 30.9. The van der Waals surface area contributed by atoms with Crippen molar-refractivity contribution in [3.05, 3.63) is 219 Å². The number of carbonyl (C=O) groups is 4. The zero-order chi connectivity index (χ0) is 80.4. The average molecular weight is 1640 g/mol. The number of amides is 2. The number of carboxylic acid groups (broad SMARTS) is 1. The number of ether oxygens (including phenoxy) is 3. The molecule has 111 heavy (non-hydrogen) atoms. The highest BCUT2D eigenvalue weighted by Gasteiger charge is 2.20. The van der Waals surface area contributed by atoms with E-state index in [1.807, 2.05) is 96.8 Å². The van der Waals surface area contributed by atoms with Crippen LogP contribution in [0.3, 0.4) is 0 Å². The molecule has 0 atom stereocenters. The van der Waals surface area contributed by atoms with Crippen molar-refractivity contribution in [2.75, 3.05) is 129 Å². The lowest BCUT2D eigenvalue weighted by atomic mass is 9.96. The molecule has 7 N–H and O–H groups in total. The zero-order valence-corrected chi connectivity index (χ0v) is 67.1. The standard InChI is InChI=1S/2C24H23ClFN5O2.C19H15ClFN3O.C6H10ClNO.C6H11NO2.2ClH/c2*1-4-33-22-12-20-17(11-21(22)30-23(32)6-5-9-31(2)3)24(15(13-27)14-28-20)29-16-7-8-19(26)18(25)10-16;1-2-25-19-8-18-14(7-17(19)23)13(12(9-22)10-24-18)5-11-3-4-16(21)15(20)6-11;1-8(2)5-3-4-6(7)9;1-7(2)5-3-4-6(8)9;;/h2*5-8,10-12,14H,4,9H2,1-3H3,(H,28,29)(H,30,32);3-4,6-8,10H,2,5,23H2,1H3;3-4H,5H2,1-2H3;3-4H,5H2,1-2H3,(H,8,9);2*1H/b2*6-5+;;2*4-3+;;. The maximum absolute atomic E-state index is 13.6. The topological polar surface area (TPSA) is 313 Å². The number of anilines is 7. The van der Waals surface area contributed by atoms with Gasteiger partial charge < -0.3 is 65.9 Å². The molecule has 0 fully saturated rings. The fourth-order valence-corrected chi connectivity index (χ4v) is 10.2. The van der Waals surface area contributed by atoms with Crippen LogP contribution in [0.25, 0.3) is 32.7 Å². The predicted molar refractivity (Wildman–Crippen MR) is 442 cm³/mol. The predicted octanol–water partition coefficient (Wildman–Crippen LogP) is 16.6. The van der Waals surface area contributed by atoms with Crippen LogP contribution in [-0.4, -0.2) is 165 Å². The maximum Gasteiger partial charge on any atom is 0.328 e. The number of carbonyl (C=O) groups excluding carboxylic acids is 3. The lowest BCUT2D eigenvalue weighted by Crippen LogP contribution is -2.13. The van der Waals surface area contributed by atoms with Crippen LogP contribution in [-0.2, 0) is 25.6 Å². The van der Waals surface area contributed by atoms with E-state index in [-0.39, 0.29) is 62.8 Å². The van der Waals surface area contributed by atoms with Gasteiger partial charge in [-0.1, -0.05) is 65.2 Å². The van der Waals surface area contributed by atoms with E-state index in [1.165, 1.54) is 79.3 Å². The number of nitrogen functional groups attached to an aromatic ring is 1. The number of allylic oxidation sites excluding steroid dienone is 1. The summed E-state index contributed by atoms with van der Waals surface area (Å²) in [5.41, 5.74) is 13.6. The Morgan fingerprint density at radius 2 is 0.865 bits per heavy atom. The molecule has 2 amide bonds. The summed E-state index contributed by atoms with van der Waals surface area (Å²) in [5, 5.41) is 50.2. The maximum atomic E-state index is 13.6. The van der Waals surface area contributed by atoms with Gasteiger partial charge in [-0.15, -0.1) is 24.8 Å². The summed E-state index contributed by atoms with van der Waals surface area (Å²) in [4.78, 5) is 65.6. The molecule has 0 radical (unpaired) electrons. The van der Waals surface area contributed by atoms with Gasteiger partial charge in [0, 0.05) is 109 Å². The van der Waals surface area contributed by atoms with Crippen LogP contribution < -0.4 is 41.2 Å². The number of pyridine rings is 3. The van der Waals surface area contributed by atoms with Crippen LogP contribution in [0.5, 0.6) is 17.2 Å². The van der Waals surface area contributed by atoms with Gasteiger partial charge in [-0.05, 0) is 179 Å². The molecule has 0 saturated heterocycles. The number of aliphatic carboxylic acids is 1. The molecule has 0 aliphatic heterocycles. The summed E-state index contributed by atoms with van der Waals surface area (Å²) in [7, 11) is 15.2. The highest BCUT2D eigenvalue weighted by atomic mass is 35.5. The Morgan fingerprint density at radius 1 is 0.505 bits per heavy atom. The van der Waals surface area contributed by atoms with E-state index >= 15 is 0 Å². The molecule has 23 nitrogen and oxygen atoms in total. The van der Waals surface area contributed by atoms with Crippen molar-refractivity contribution in [1.29, 1.82) is 15.8 Å². The van der Waals surface area contributed by atoms with Crippen molar-refractivity contribution >= 4 is 167 Å². The number of nitrogens with two attached hydrogens (primary N) is 1. The summed E-state index contributed by atoms with van der Waals surface area (Å²) < 4.78 is 57.4. The Hall–Kier alpha value is -10.8. The van der Waals surface area contributed by atoms with E-state index in [1.54, 1.807) is 72.8 Å². The van der Waals surface area contributed by atoms with Crippen LogP contribution in [0.2, 0.25) is 15.1 Å². The van der Waals surface area contributed by atoms with Crippen molar-refractivity contribution in [3.8, 4) is 35.5 Å². The monoisotopic (exact) mass is 1640 g/mol. The molecule has 32 heteroatoms.